The zero-order chi connectivity index (χ0) is 45.6. The van der Waals surface area contributed by atoms with Gasteiger partial charge in [0.25, 0.3) is 0 Å². The zero-order valence-corrected chi connectivity index (χ0v) is 37.5. The summed E-state index contributed by atoms with van der Waals surface area (Å²) in [5, 5.41) is 18.0. The van der Waals surface area contributed by atoms with Crippen LogP contribution in [0, 0.1) is 11.3 Å². The highest BCUT2D eigenvalue weighted by Gasteiger charge is 2.27. The van der Waals surface area contributed by atoms with Gasteiger partial charge in [0.2, 0.25) is 0 Å². The molecule has 4 aromatic heterocycles. The molecule has 314 valence electrons. The second-order valence-corrected chi connectivity index (χ2v) is 17.5. The Kier molecular flexibility index (Phi) is 8.89. The van der Waals surface area contributed by atoms with E-state index in [1.165, 1.54) is 0 Å². The summed E-state index contributed by atoms with van der Waals surface area (Å²) in [7, 11) is 6.31. The van der Waals surface area contributed by atoms with E-state index < -0.39 is 0 Å². The van der Waals surface area contributed by atoms with E-state index in [1.54, 1.807) is 0 Å². The van der Waals surface area contributed by atoms with Gasteiger partial charge in [0, 0.05) is 54.7 Å². The van der Waals surface area contributed by atoms with Gasteiger partial charge in [-0.25, -0.2) is 15.0 Å². The van der Waals surface area contributed by atoms with E-state index >= 15 is 0 Å². The van der Waals surface area contributed by atoms with Crippen molar-refractivity contribution < 1.29 is 4.42 Å². The molecule has 0 fully saturated rings. The fourth-order valence-corrected chi connectivity index (χ4v) is 10.6. The SMILES string of the molecule is Bc1c(B)c(-n2c3ccccc3c3ccc4c(c5ccccc5n4-c4ccccc4)c32)c(C#N)c(B)c1-c1nc(-c2cccc(-c3ccccc3)c2)nc(-c2ccc3oc4ccccc4c3c2)n1. The lowest BCUT2D eigenvalue weighted by Crippen LogP contribution is -2.39. The predicted molar refractivity (Wildman–Crippen MR) is 287 cm³/mol. The Morgan fingerprint density at radius 1 is 0.426 bits per heavy atom. The van der Waals surface area contributed by atoms with E-state index in [0.29, 0.717) is 23.0 Å². The molecular formula is C58H37B3N6O. The molecule has 0 spiro atoms. The van der Waals surface area contributed by atoms with E-state index in [2.05, 4.69) is 164 Å². The topological polar surface area (TPSA) is 85.5 Å². The summed E-state index contributed by atoms with van der Waals surface area (Å²) in [4.78, 5) is 15.8. The summed E-state index contributed by atoms with van der Waals surface area (Å²) in [5.41, 5.74) is 15.9. The largest absolute Gasteiger partial charge is 0.456 e. The number of rotatable bonds is 6. The third-order valence-corrected chi connectivity index (χ3v) is 13.8. The van der Waals surface area contributed by atoms with Crippen molar-refractivity contribution in [2.45, 2.75) is 0 Å². The first-order chi connectivity index (χ1) is 33.4. The Morgan fingerprint density at radius 2 is 1.03 bits per heavy atom. The van der Waals surface area contributed by atoms with Crippen LogP contribution in [0.15, 0.2) is 192 Å². The molecule has 13 rings (SSSR count). The second kappa shape index (κ2) is 15.3. The molecule has 0 aliphatic carbocycles. The quantitative estimate of drug-likeness (QED) is 0.156. The van der Waals surface area contributed by atoms with Gasteiger partial charge in [-0.3, -0.25) is 0 Å². The number of nitriles is 1. The molecule has 0 radical (unpaired) electrons. The summed E-state index contributed by atoms with van der Waals surface area (Å²) < 4.78 is 10.9. The molecule has 7 nitrogen and oxygen atoms in total. The summed E-state index contributed by atoms with van der Waals surface area (Å²) in [6.45, 7) is 0. The standard InChI is InChI=1S/C58H37B3N6O/c59-51-43(32-62)55(67-44-23-10-7-20-38(44)40-27-28-46-49(54(40)67)41-22-8-11-24-45(41)66(46)37-18-5-2-6-19-37)53(61)52(60)50(51)58-64-56(35-17-13-16-34(30-35)33-14-3-1-4-15-33)63-57(65-58)36-26-29-48-42(31-36)39-21-9-12-25-47(39)68-48/h1-31H,59-61H2. The van der Waals surface area contributed by atoms with E-state index in [0.717, 1.165) is 121 Å². The zero-order valence-electron chi connectivity index (χ0n) is 37.5. The normalized spacial score (nSPS) is 11.7. The van der Waals surface area contributed by atoms with Crippen LogP contribution in [0.2, 0.25) is 0 Å². The summed E-state index contributed by atoms with van der Waals surface area (Å²) in [6, 6.07) is 67.8. The fraction of sp³-hybridized carbons (Fsp3) is 0. The maximum atomic E-state index is 11.5. The number of hydrogen-bond acceptors (Lipinski definition) is 5. The summed E-state index contributed by atoms with van der Waals surface area (Å²) in [5.74, 6) is 1.57. The van der Waals surface area contributed by atoms with Crippen molar-refractivity contribution in [3.63, 3.8) is 0 Å². The molecule has 0 bridgehead atoms. The van der Waals surface area contributed by atoms with Crippen molar-refractivity contribution in [3.05, 3.63) is 194 Å². The van der Waals surface area contributed by atoms with Crippen LogP contribution in [0.25, 0.3) is 122 Å². The number of benzene rings is 9. The third kappa shape index (κ3) is 5.92. The van der Waals surface area contributed by atoms with Gasteiger partial charge in [0.1, 0.15) is 40.8 Å². The molecule has 10 heteroatoms. The number of nitrogens with zero attached hydrogens (tertiary/aromatic N) is 6. The van der Waals surface area contributed by atoms with Gasteiger partial charge in [-0.1, -0.05) is 144 Å². The number of aromatic nitrogens is 5. The summed E-state index contributed by atoms with van der Waals surface area (Å²) >= 11 is 0. The van der Waals surface area contributed by atoms with Crippen molar-refractivity contribution in [3.8, 4) is 62.7 Å². The smallest absolute Gasteiger partial charge is 0.164 e. The molecule has 68 heavy (non-hydrogen) atoms. The molecule has 0 saturated carbocycles. The van der Waals surface area contributed by atoms with E-state index in [9.17, 15) is 5.26 Å². The Morgan fingerprint density at radius 3 is 1.79 bits per heavy atom. The first kappa shape index (κ1) is 39.4. The van der Waals surface area contributed by atoms with Crippen molar-refractivity contribution in [1.29, 1.82) is 5.26 Å². The number of hydrogen-bond donors (Lipinski definition) is 0. The van der Waals surface area contributed by atoms with Crippen LogP contribution in [0.3, 0.4) is 0 Å². The molecule has 0 aliphatic heterocycles. The van der Waals surface area contributed by atoms with Gasteiger partial charge in [-0.2, -0.15) is 5.26 Å². The van der Waals surface area contributed by atoms with Gasteiger partial charge in [0.05, 0.1) is 33.3 Å². The molecule has 0 amide bonds. The van der Waals surface area contributed by atoms with Crippen LogP contribution in [-0.2, 0) is 0 Å². The Hall–Kier alpha value is -8.93. The molecule has 0 saturated heterocycles. The Bertz CT molecular complexity index is 4260. The Labute approximate surface area is 393 Å². The Balaban J connectivity index is 1.08. The average Bonchev–Trinajstić information content (AvgIpc) is 4.05. The number of furan rings is 1. The third-order valence-electron chi connectivity index (χ3n) is 13.8. The minimum atomic E-state index is 0.504. The van der Waals surface area contributed by atoms with Gasteiger partial charge >= 0.3 is 0 Å². The van der Waals surface area contributed by atoms with Crippen LogP contribution in [0.1, 0.15) is 5.56 Å². The lowest BCUT2D eigenvalue weighted by molar-refractivity contribution is 0.669. The molecule has 0 unspecified atom stereocenters. The van der Waals surface area contributed by atoms with Gasteiger partial charge in [-0.15, -0.1) is 0 Å². The lowest BCUT2D eigenvalue weighted by atomic mass is 9.69. The number of para-hydroxylation sites is 4. The van der Waals surface area contributed by atoms with Crippen LogP contribution in [0.4, 0.5) is 0 Å². The highest BCUT2D eigenvalue weighted by Crippen LogP contribution is 2.42. The highest BCUT2D eigenvalue weighted by atomic mass is 16.3. The van der Waals surface area contributed by atoms with Gasteiger partial charge < -0.3 is 13.6 Å². The lowest BCUT2D eigenvalue weighted by Gasteiger charge is -2.22. The van der Waals surface area contributed by atoms with Crippen LogP contribution in [-0.4, -0.2) is 47.6 Å². The summed E-state index contributed by atoms with van der Waals surface area (Å²) in [6.07, 6.45) is 0. The monoisotopic (exact) mass is 866 g/mol. The first-order valence-electron chi connectivity index (χ1n) is 22.8. The van der Waals surface area contributed by atoms with Crippen LogP contribution in [0.5, 0.6) is 0 Å². The molecule has 0 atom stereocenters. The van der Waals surface area contributed by atoms with Gasteiger partial charge in [-0.05, 0) is 71.8 Å². The van der Waals surface area contributed by atoms with Crippen LogP contribution >= 0.6 is 0 Å². The fourth-order valence-electron chi connectivity index (χ4n) is 10.6. The van der Waals surface area contributed by atoms with Crippen molar-refractivity contribution in [2.75, 3.05) is 0 Å². The maximum absolute atomic E-state index is 11.5. The predicted octanol–water partition coefficient (Wildman–Crippen LogP) is 9.28. The van der Waals surface area contributed by atoms with Gasteiger partial charge in [0.15, 0.2) is 17.5 Å². The molecule has 4 heterocycles. The molecule has 13 aromatic rings. The van der Waals surface area contributed by atoms with E-state index in [1.807, 2.05) is 62.4 Å². The molecular weight excluding hydrogens is 829 g/mol. The second-order valence-electron chi connectivity index (χ2n) is 17.5. The highest BCUT2D eigenvalue weighted by molar-refractivity contribution is 6.56. The molecule has 0 aliphatic rings. The van der Waals surface area contributed by atoms with E-state index in [4.69, 9.17) is 19.4 Å². The molecule has 9 aromatic carbocycles. The minimum Gasteiger partial charge on any atom is -0.456 e. The van der Waals surface area contributed by atoms with Crippen molar-refractivity contribution in [1.82, 2.24) is 24.1 Å². The molecule has 0 N–H and O–H groups in total. The van der Waals surface area contributed by atoms with E-state index in [-0.39, 0.29) is 0 Å². The first-order valence-corrected chi connectivity index (χ1v) is 22.8. The number of fused-ring (bicyclic) bond motifs is 10. The maximum Gasteiger partial charge on any atom is 0.164 e. The van der Waals surface area contributed by atoms with Crippen molar-refractivity contribution >= 4 is 105 Å². The van der Waals surface area contributed by atoms with Crippen LogP contribution < -0.4 is 16.4 Å². The average molecular weight is 866 g/mol. The minimum absolute atomic E-state index is 0.504. The van der Waals surface area contributed by atoms with Crippen molar-refractivity contribution in [2.24, 2.45) is 0 Å².